The third-order valence-corrected chi connectivity index (χ3v) is 6.20. The first-order valence-corrected chi connectivity index (χ1v) is 10.3. The van der Waals surface area contributed by atoms with Crippen LogP contribution in [0.5, 0.6) is 11.5 Å². The molecule has 5 heteroatoms. The average Bonchev–Trinajstić information content (AvgIpc) is 2.69. The molecule has 1 aromatic rings. The maximum atomic E-state index is 12.3. The first kappa shape index (κ1) is 20.0. The summed E-state index contributed by atoms with van der Waals surface area (Å²) in [5, 5.41) is 0. The molecular formula is C22H34N2O3. The van der Waals surface area contributed by atoms with Crippen molar-refractivity contribution in [2.75, 3.05) is 33.9 Å². The van der Waals surface area contributed by atoms with Gasteiger partial charge < -0.3 is 14.4 Å². The van der Waals surface area contributed by atoms with Crippen molar-refractivity contribution < 1.29 is 14.3 Å². The van der Waals surface area contributed by atoms with Crippen LogP contribution in [0.25, 0.3) is 0 Å². The van der Waals surface area contributed by atoms with Gasteiger partial charge in [0.2, 0.25) is 5.91 Å². The van der Waals surface area contributed by atoms with Crippen molar-refractivity contribution in [1.82, 2.24) is 9.80 Å². The Balaban J connectivity index is 1.81. The zero-order chi connectivity index (χ0) is 19.6. The minimum atomic E-state index is 0.262. The molecule has 2 unspecified atom stereocenters. The van der Waals surface area contributed by atoms with Crippen LogP contribution in [0, 0.1) is 5.92 Å². The van der Waals surface area contributed by atoms with E-state index in [1.165, 1.54) is 17.5 Å². The number of benzene rings is 1. The highest BCUT2D eigenvalue weighted by Crippen LogP contribution is 2.43. The van der Waals surface area contributed by atoms with Gasteiger partial charge >= 0.3 is 0 Å². The second-order valence-electron chi connectivity index (χ2n) is 8.09. The van der Waals surface area contributed by atoms with Gasteiger partial charge in [-0.3, -0.25) is 9.69 Å². The number of hydrogen-bond acceptors (Lipinski definition) is 4. The normalized spacial score (nSPS) is 22.1. The Labute approximate surface area is 163 Å². The number of rotatable bonds is 6. The fourth-order valence-corrected chi connectivity index (χ4v) is 4.65. The van der Waals surface area contributed by atoms with Gasteiger partial charge in [0.05, 0.1) is 14.2 Å². The Morgan fingerprint density at radius 2 is 1.93 bits per heavy atom. The van der Waals surface area contributed by atoms with Crippen molar-refractivity contribution in [3.05, 3.63) is 23.3 Å². The molecule has 150 valence electrons. The number of fused-ring (bicyclic) bond motifs is 3. The molecule has 1 amide bonds. The highest BCUT2D eigenvalue weighted by Gasteiger charge is 2.35. The van der Waals surface area contributed by atoms with Gasteiger partial charge in [-0.05, 0) is 68.8 Å². The maximum Gasteiger partial charge on any atom is 0.222 e. The minimum absolute atomic E-state index is 0.262. The molecular weight excluding hydrogens is 340 g/mol. The summed E-state index contributed by atoms with van der Waals surface area (Å²) in [6, 6.07) is 5.00. The Morgan fingerprint density at radius 3 is 2.56 bits per heavy atom. The van der Waals surface area contributed by atoms with Gasteiger partial charge in [-0.25, -0.2) is 0 Å². The Hall–Kier alpha value is -1.75. The van der Waals surface area contributed by atoms with Crippen LogP contribution < -0.4 is 9.47 Å². The highest BCUT2D eigenvalue weighted by molar-refractivity contribution is 5.76. The summed E-state index contributed by atoms with van der Waals surface area (Å²) in [5.41, 5.74) is 2.75. The van der Waals surface area contributed by atoms with Gasteiger partial charge in [0.25, 0.3) is 0 Å². The molecule has 27 heavy (non-hydrogen) atoms. The van der Waals surface area contributed by atoms with E-state index in [4.69, 9.17) is 9.47 Å². The molecule has 1 aromatic carbocycles. The van der Waals surface area contributed by atoms with Crippen molar-refractivity contribution in [3.8, 4) is 11.5 Å². The average molecular weight is 375 g/mol. The van der Waals surface area contributed by atoms with Gasteiger partial charge in [-0.2, -0.15) is 0 Å². The molecule has 5 nitrogen and oxygen atoms in total. The van der Waals surface area contributed by atoms with Crippen LogP contribution in [0.1, 0.15) is 57.2 Å². The van der Waals surface area contributed by atoms with E-state index >= 15 is 0 Å². The predicted octanol–water partition coefficient (Wildman–Crippen LogP) is 3.66. The van der Waals surface area contributed by atoms with Gasteiger partial charge in [-0.1, -0.05) is 6.92 Å². The quantitative estimate of drug-likeness (QED) is 0.762. The summed E-state index contributed by atoms with van der Waals surface area (Å²) in [5.74, 6) is 2.44. The van der Waals surface area contributed by atoms with Crippen LogP contribution in [0.3, 0.4) is 0 Å². The number of nitrogens with zero attached hydrogens (tertiary/aromatic N) is 2. The molecule has 1 fully saturated rings. The fourth-order valence-electron chi connectivity index (χ4n) is 4.65. The first-order valence-electron chi connectivity index (χ1n) is 10.3. The lowest BCUT2D eigenvalue weighted by Gasteiger charge is -2.45. The Kier molecular flexibility index (Phi) is 6.30. The van der Waals surface area contributed by atoms with Crippen molar-refractivity contribution in [2.24, 2.45) is 5.92 Å². The molecule has 0 aromatic heterocycles. The lowest BCUT2D eigenvalue weighted by Crippen LogP contribution is -2.46. The molecule has 2 atom stereocenters. The summed E-state index contributed by atoms with van der Waals surface area (Å²) in [6.45, 7) is 9.27. The van der Waals surface area contributed by atoms with E-state index < -0.39 is 0 Å². The second-order valence-corrected chi connectivity index (χ2v) is 8.09. The summed E-state index contributed by atoms with van der Waals surface area (Å²) >= 11 is 0. The van der Waals surface area contributed by atoms with Gasteiger partial charge in [0.1, 0.15) is 0 Å². The highest BCUT2D eigenvalue weighted by atomic mass is 16.5. The predicted molar refractivity (Wildman–Crippen MR) is 107 cm³/mol. The molecule has 0 aliphatic carbocycles. The van der Waals surface area contributed by atoms with E-state index in [0.717, 1.165) is 44.0 Å². The summed E-state index contributed by atoms with van der Waals surface area (Å²) < 4.78 is 11.0. The molecule has 2 aliphatic rings. The molecule has 0 saturated carbocycles. The van der Waals surface area contributed by atoms with E-state index in [1.54, 1.807) is 14.2 Å². The lowest BCUT2D eigenvalue weighted by molar-refractivity contribution is -0.133. The van der Waals surface area contributed by atoms with Gasteiger partial charge in [0, 0.05) is 31.6 Å². The van der Waals surface area contributed by atoms with E-state index in [1.807, 2.05) is 6.92 Å². The Bertz CT molecular complexity index is 674. The third kappa shape index (κ3) is 4.08. The number of methoxy groups -OCH3 is 2. The SMILES string of the molecule is CCC(=O)N(CC1CCN2CCc3cc(OC)c(OC)cc3C2C1)C(C)C. The van der Waals surface area contributed by atoms with Crippen molar-refractivity contribution in [1.29, 1.82) is 0 Å². The van der Waals surface area contributed by atoms with Crippen LogP contribution in [0.4, 0.5) is 0 Å². The minimum Gasteiger partial charge on any atom is -0.493 e. The third-order valence-electron chi connectivity index (χ3n) is 6.20. The van der Waals surface area contributed by atoms with E-state index in [-0.39, 0.29) is 11.9 Å². The van der Waals surface area contributed by atoms with Gasteiger partial charge in [0.15, 0.2) is 11.5 Å². The standard InChI is InChI=1S/C22H34N2O3/c1-6-22(25)24(15(2)3)14-16-7-9-23-10-8-17-12-20(26-4)21(27-5)13-18(17)19(23)11-16/h12-13,15-16,19H,6-11,14H2,1-5H3. The molecule has 0 bridgehead atoms. The molecule has 0 radical (unpaired) electrons. The monoisotopic (exact) mass is 374 g/mol. The van der Waals surface area contributed by atoms with Crippen LogP contribution in [-0.4, -0.2) is 55.6 Å². The zero-order valence-corrected chi connectivity index (χ0v) is 17.5. The number of piperidine rings is 1. The van der Waals surface area contributed by atoms with Gasteiger partial charge in [-0.15, -0.1) is 0 Å². The van der Waals surface area contributed by atoms with E-state index in [0.29, 0.717) is 18.4 Å². The van der Waals surface area contributed by atoms with Crippen molar-refractivity contribution in [3.63, 3.8) is 0 Å². The lowest BCUT2D eigenvalue weighted by atomic mass is 9.81. The molecule has 2 heterocycles. The summed E-state index contributed by atoms with van der Waals surface area (Å²) in [4.78, 5) is 17.0. The number of amides is 1. The number of hydrogen-bond donors (Lipinski definition) is 0. The number of carbonyl (C=O) groups excluding carboxylic acids is 1. The van der Waals surface area contributed by atoms with Crippen LogP contribution in [0.2, 0.25) is 0 Å². The molecule has 3 rings (SSSR count). The number of carbonyl (C=O) groups is 1. The smallest absolute Gasteiger partial charge is 0.222 e. The van der Waals surface area contributed by atoms with E-state index in [2.05, 4.69) is 35.8 Å². The Morgan fingerprint density at radius 1 is 1.22 bits per heavy atom. The van der Waals surface area contributed by atoms with Crippen LogP contribution >= 0.6 is 0 Å². The van der Waals surface area contributed by atoms with Crippen molar-refractivity contribution in [2.45, 2.75) is 58.5 Å². The zero-order valence-electron chi connectivity index (χ0n) is 17.5. The largest absolute Gasteiger partial charge is 0.493 e. The fraction of sp³-hybridized carbons (Fsp3) is 0.682. The van der Waals surface area contributed by atoms with E-state index in [9.17, 15) is 4.79 Å². The van der Waals surface area contributed by atoms with Crippen LogP contribution in [0.15, 0.2) is 12.1 Å². The topological polar surface area (TPSA) is 42.0 Å². The molecule has 2 aliphatic heterocycles. The molecule has 1 saturated heterocycles. The van der Waals surface area contributed by atoms with Crippen molar-refractivity contribution >= 4 is 5.91 Å². The maximum absolute atomic E-state index is 12.3. The summed E-state index contributed by atoms with van der Waals surface area (Å²) in [6.07, 6.45) is 3.91. The molecule has 0 spiro atoms. The van der Waals surface area contributed by atoms with Crippen LogP contribution in [-0.2, 0) is 11.2 Å². The second kappa shape index (κ2) is 8.51. The molecule has 0 N–H and O–H groups in total. The number of ether oxygens (including phenoxy) is 2. The first-order chi connectivity index (χ1) is 13.0. The summed E-state index contributed by atoms with van der Waals surface area (Å²) in [7, 11) is 3.40.